The Morgan fingerprint density at radius 1 is 1.11 bits per heavy atom. The van der Waals surface area contributed by atoms with Crippen LogP contribution in [-0.2, 0) is 13.0 Å². The molecule has 0 saturated heterocycles. The highest BCUT2D eigenvalue weighted by Crippen LogP contribution is 2.36. The molecule has 140 valence electrons. The highest BCUT2D eigenvalue weighted by molar-refractivity contribution is 7.09. The van der Waals surface area contributed by atoms with E-state index in [1.807, 2.05) is 42.6 Å². The van der Waals surface area contributed by atoms with Crippen LogP contribution < -0.4 is 9.47 Å². The van der Waals surface area contributed by atoms with Crippen molar-refractivity contribution in [2.75, 3.05) is 13.7 Å². The van der Waals surface area contributed by atoms with Gasteiger partial charge in [0.2, 0.25) is 0 Å². The zero-order valence-corrected chi connectivity index (χ0v) is 17.2. The number of nitrogens with zero attached hydrogens (tertiary/aromatic N) is 1. The Bertz CT molecular complexity index is 911. The predicted octanol–water partition coefficient (Wildman–Crippen LogP) is 6.30. The summed E-state index contributed by atoms with van der Waals surface area (Å²) < 4.78 is 11.3. The molecule has 0 aliphatic heterocycles. The molecule has 3 aromatic rings. The van der Waals surface area contributed by atoms with E-state index in [0.717, 1.165) is 24.1 Å². The first-order valence-corrected chi connectivity index (χ1v) is 10.1. The Kier molecular flexibility index (Phi) is 7.16. The molecule has 27 heavy (non-hydrogen) atoms. The number of rotatable bonds is 8. The van der Waals surface area contributed by atoms with Crippen LogP contribution in [0.5, 0.6) is 11.5 Å². The van der Waals surface area contributed by atoms with E-state index in [1.165, 1.54) is 4.88 Å². The quantitative estimate of drug-likeness (QED) is 0.400. The first kappa shape index (κ1) is 19.7. The lowest BCUT2D eigenvalue weighted by atomic mass is 10.2. The minimum Gasteiger partial charge on any atom is -0.493 e. The minimum absolute atomic E-state index is 0.352. The standard InChI is InChI=1S/C21H19Cl2NO2S/c1-25-20-12-16(13-24-8-7-18-6-3-9-27-18)11-19(23)21(20)26-14-15-4-2-5-17(22)10-15/h2-6,9-13H,7-8,14H2,1H3/b24-13+. The zero-order valence-electron chi connectivity index (χ0n) is 14.8. The Hall–Kier alpha value is -2.01. The van der Waals surface area contributed by atoms with E-state index < -0.39 is 0 Å². The van der Waals surface area contributed by atoms with Gasteiger partial charge in [0.05, 0.1) is 12.1 Å². The second-order valence-electron chi connectivity index (χ2n) is 5.82. The normalized spacial score (nSPS) is 11.1. The van der Waals surface area contributed by atoms with Gasteiger partial charge < -0.3 is 9.47 Å². The second kappa shape index (κ2) is 9.79. The molecule has 3 rings (SSSR count). The third-order valence-corrected chi connectivity index (χ3v) is 5.28. The monoisotopic (exact) mass is 419 g/mol. The van der Waals surface area contributed by atoms with E-state index in [4.69, 9.17) is 32.7 Å². The fourth-order valence-electron chi connectivity index (χ4n) is 2.54. The van der Waals surface area contributed by atoms with Gasteiger partial charge in [0.1, 0.15) is 6.61 Å². The zero-order chi connectivity index (χ0) is 19.1. The highest BCUT2D eigenvalue weighted by atomic mass is 35.5. The lowest BCUT2D eigenvalue weighted by molar-refractivity contribution is 0.284. The molecule has 0 saturated carbocycles. The van der Waals surface area contributed by atoms with E-state index in [9.17, 15) is 0 Å². The largest absolute Gasteiger partial charge is 0.493 e. The molecule has 0 amide bonds. The maximum atomic E-state index is 6.41. The molecule has 2 aromatic carbocycles. The first-order valence-electron chi connectivity index (χ1n) is 8.42. The topological polar surface area (TPSA) is 30.8 Å². The minimum atomic E-state index is 0.352. The molecule has 1 heterocycles. The molecule has 0 spiro atoms. The number of methoxy groups -OCH3 is 1. The van der Waals surface area contributed by atoms with Crippen molar-refractivity contribution in [2.45, 2.75) is 13.0 Å². The molecule has 0 aliphatic rings. The average molecular weight is 420 g/mol. The van der Waals surface area contributed by atoms with E-state index in [1.54, 1.807) is 18.4 Å². The van der Waals surface area contributed by atoms with Crippen LogP contribution in [0, 0.1) is 0 Å². The lowest BCUT2D eigenvalue weighted by Crippen LogP contribution is -1.99. The molecule has 0 atom stereocenters. The highest BCUT2D eigenvalue weighted by Gasteiger charge is 2.12. The summed E-state index contributed by atoms with van der Waals surface area (Å²) in [5, 5.41) is 3.23. The van der Waals surface area contributed by atoms with Crippen molar-refractivity contribution < 1.29 is 9.47 Å². The van der Waals surface area contributed by atoms with Crippen LogP contribution in [-0.4, -0.2) is 19.9 Å². The summed E-state index contributed by atoms with van der Waals surface area (Å²) in [5.41, 5.74) is 1.83. The summed E-state index contributed by atoms with van der Waals surface area (Å²) in [5.74, 6) is 1.08. The fourth-order valence-corrected chi connectivity index (χ4v) is 3.72. The third kappa shape index (κ3) is 5.73. The summed E-state index contributed by atoms with van der Waals surface area (Å²) in [4.78, 5) is 5.80. The van der Waals surface area contributed by atoms with Crippen LogP contribution in [0.2, 0.25) is 10.0 Å². The molecule has 0 radical (unpaired) electrons. The van der Waals surface area contributed by atoms with E-state index in [0.29, 0.717) is 28.2 Å². The van der Waals surface area contributed by atoms with Gasteiger partial charge in [0, 0.05) is 29.1 Å². The van der Waals surface area contributed by atoms with Gasteiger partial charge in [-0.05, 0) is 46.8 Å². The average Bonchev–Trinajstić information content (AvgIpc) is 3.17. The van der Waals surface area contributed by atoms with Crippen molar-refractivity contribution in [2.24, 2.45) is 4.99 Å². The molecular weight excluding hydrogens is 401 g/mol. The summed E-state index contributed by atoms with van der Waals surface area (Å²) in [7, 11) is 1.59. The number of hydrogen-bond donors (Lipinski definition) is 0. The van der Waals surface area contributed by atoms with Gasteiger partial charge in [-0.2, -0.15) is 0 Å². The van der Waals surface area contributed by atoms with Crippen molar-refractivity contribution in [1.29, 1.82) is 0 Å². The molecule has 0 bridgehead atoms. The molecular formula is C21H19Cl2NO2S. The van der Waals surface area contributed by atoms with Crippen molar-refractivity contribution in [3.63, 3.8) is 0 Å². The Morgan fingerprint density at radius 3 is 2.74 bits per heavy atom. The van der Waals surface area contributed by atoms with Crippen LogP contribution in [0.25, 0.3) is 0 Å². The Morgan fingerprint density at radius 2 is 2.00 bits per heavy atom. The first-order chi connectivity index (χ1) is 13.2. The number of hydrogen-bond acceptors (Lipinski definition) is 4. The maximum Gasteiger partial charge on any atom is 0.180 e. The third-order valence-electron chi connectivity index (χ3n) is 3.83. The fraction of sp³-hybridized carbons (Fsp3) is 0.190. The van der Waals surface area contributed by atoms with Gasteiger partial charge in [0.25, 0.3) is 0 Å². The van der Waals surface area contributed by atoms with Crippen LogP contribution >= 0.6 is 34.5 Å². The maximum absolute atomic E-state index is 6.41. The van der Waals surface area contributed by atoms with E-state index in [-0.39, 0.29) is 0 Å². The van der Waals surface area contributed by atoms with Crippen molar-refractivity contribution >= 4 is 40.8 Å². The van der Waals surface area contributed by atoms with Crippen molar-refractivity contribution in [3.8, 4) is 11.5 Å². The lowest BCUT2D eigenvalue weighted by Gasteiger charge is -2.13. The summed E-state index contributed by atoms with van der Waals surface area (Å²) in [6, 6.07) is 15.4. The summed E-state index contributed by atoms with van der Waals surface area (Å²) >= 11 is 14.2. The summed E-state index contributed by atoms with van der Waals surface area (Å²) in [6.07, 6.45) is 2.74. The number of thiophene rings is 1. The van der Waals surface area contributed by atoms with Gasteiger partial charge >= 0.3 is 0 Å². The van der Waals surface area contributed by atoms with Crippen LogP contribution in [0.3, 0.4) is 0 Å². The summed E-state index contributed by atoms with van der Waals surface area (Å²) in [6.45, 7) is 1.08. The Labute approximate surface area is 173 Å². The molecule has 0 N–H and O–H groups in total. The number of aliphatic imine (C=N–C) groups is 1. The van der Waals surface area contributed by atoms with Gasteiger partial charge in [0.15, 0.2) is 11.5 Å². The van der Waals surface area contributed by atoms with Gasteiger partial charge in [-0.15, -0.1) is 11.3 Å². The molecule has 3 nitrogen and oxygen atoms in total. The van der Waals surface area contributed by atoms with Crippen LogP contribution in [0.4, 0.5) is 0 Å². The van der Waals surface area contributed by atoms with Crippen LogP contribution in [0.15, 0.2) is 58.9 Å². The number of ether oxygens (including phenoxy) is 2. The molecule has 6 heteroatoms. The number of benzene rings is 2. The van der Waals surface area contributed by atoms with E-state index >= 15 is 0 Å². The van der Waals surface area contributed by atoms with Gasteiger partial charge in [-0.3, -0.25) is 4.99 Å². The smallest absolute Gasteiger partial charge is 0.180 e. The molecule has 1 aromatic heterocycles. The molecule has 0 unspecified atom stereocenters. The molecule has 0 fully saturated rings. The van der Waals surface area contributed by atoms with Crippen molar-refractivity contribution in [1.82, 2.24) is 0 Å². The predicted molar refractivity (Wildman–Crippen MR) is 114 cm³/mol. The van der Waals surface area contributed by atoms with Gasteiger partial charge in [-0.25, -0.2) is 0 Å². The van der Waals surface area contributed by atoms with Gasteiger partial charge in [-0.1, -0.05) is 41.4 Å². The molecule has 0 aliphatic carbocycles. The van der Waals surface area contributed by atoms with Crippen LogP contribution in [0.1, 0.15) is 16.0 Å². The Balaban J connectivity index is 1.66. The van der Waals surface area contributed by atoms with E-state index in [2.05, 4.69) is 22.5 Å². The second-order valence-corrected chi connectivity index (χ2v) is 7.69. The van der Waals surface area contributed by atoms with Crippen molar-refractivity contribution in [3.05, 3.63) is 80.0 Å². The SMILES string of the molecule is COc1cc(/C=N/CCc2cccs2)cc(Cl)c1OCc1cccc(Cl)c1. The number of halogens is 2.